The third kappa shape index (κ3) is 3.12. The van der Waals surface area contributed by atoms with E-state index in [0.717, 1.165) is 5.39 Å². The largest absolute Gasteiger partial charge is 0.417 e. The number of aromatic nitrogens is 1. The van der Waals surface area contributed by atoms with E-state index in [2.05, 4.69) is 10.3 Å². The van der Waals surface area contributed by atoms with E-state index in [1.165, 1.54) is 0 Å². The van der Waals surface area contributed by atoms with E-state index >= 15 is 0 Å². The first-order valence-electron chi connectivity index (χ1n) is 6.30. The van der Waals surface area contributed by atoms with Crippen molar-refractivity contribution in [1.82, 2.24) is 4.98 Å². The van der Waals surface area contributed by atoms with Crippen LogP contribution in [0.3, 0.4) is 0 Å². The van der Waals surface area contributed by atoms with Gasteiger partial charge in [0.2, 0.25) is 0 Å². The number of nitrogens with one attached hydrogen (secondary N) is 1. The molecule has 0 unspecified atom stereocenters. The number of benzene rings is 2. The Balaban J connectivity index is 1.86. The number of rotatable bonds is 2. The van der Waals surface area contributed by atoms with Crippen LogP contribution in [0.15, 0.2) is 60.8 Å². The molecular formula is C16H11ClN2O2. The van der Waals surface area contributed by atoms with E-state index < -0.39 is 6.09 Å². The fourth-order valence-corrected chi connectivity index (χ4v) is 2.21. The quantitative estimate of drug-likeness (QED) is 0.758. The van der Waals surface area contributed by atoms with Crippen molar-refractivity contribution in [3.8, 4) is 5.75 Å². The maximum absolute atomic E-state index is 11.9. The lowest BCUT2D eigenvalue weighted by Gasteiger charge is -2.09. The molecular weight excluding hydrogens is 288 g/mol. The summed E-state index contributed by atoms with van der Waals surface area (Å²) in [5, 5.41) is 4.03. The van der Waals surface area contributed by atoms with Gasteiger partial charge in [-0.2, -0.15) is 0 Å². The predicted octanol–water partition coefficient (Wildman–Crippen LogP) is 4.50. The van der Waals surface area contributed by atoms with Crippen molar-refractivity contribution in [2.75, 3.05) is 5.32 Å². The normalized spacial score (nSPS) is 10.3. The highest BCUT2D eigenvalue weighted by Gasteiger charge is 2.09. The van der Waals surface area contributed by atoms with Gasteiger partial charge < -0.3 is 4.74 Å². The van der Waals surface area contributed by atoms with Gasteiger partial charge in [0.05, 0.1) is 11.2 Å². The molecule has 0 atom stereocenters. The summed E-state index contributed by atoms with van der Waals surface area (Å²) < 4.78 is 5.19. The molecule has 0 aliphatic heterocycles. The van der Waals surface area contributed by atoms with Gasteiger partial charge in [0.25, 0.3) is 0 Å². The molecule has 0 radical (unpaired) electrons. The molecule has 0 fully saturated rings. The molecule has 2 aromatic carbocycles. The summed E-state index contributed by atoms with van der Waals surface area (Å²) in [6.07, 6.45) is 1.07. The summed E-state index contributed by atoms with van der Waals surface area (Å²) in [4.78, 5) is 16.2. The van der Waals surface area contributed by atoms with Gasteiger partial charge >= 0.3 is 6.09 Å². The number of fused-ring (bicyclic) bond motifs is 1. The van der Waals surface area contributed by atoms with Crippen LogP contribution in [0.2, 0.25) is 5.02 Å². The number of halogens is 1. The van der Waals surface area contributed by atoms with Gasteiger partial charge in [-0.25, -0.2) is 4.79 Å². The van der Waals surface area contributed by atoms with Crippen molar-refractivity contribution >= 4 is 34.3 Å². The summed E-state index contributed by atoms with van der Waals surface area (Å²) in [6.45, 7) is 0. The maximum atomic E-state index is 11.9. The lowest BCUT2D eigenvalue weighted by Crippen LogP contribution is -2.17. The Labute approximate surface area is 126 Å². The third-order valence-corrected chi connectivity index (χ3v) is 3.08. The first-order chi connectivity index (χ1) is 10.2. The second kappa shape index (κ2) is 5.81. The molecule has 0 saturated carbocycles. The Hall–Kier alpha value is -2.59. The molecule has 1 heterocycles. The van der Waals surface area contributed by atoms with Crippen LogP contribution < -0.4 is 10.1 Å². The highest BCUT2D eigenvalue weighted by Crippen LogP contribution is 2.26. The van der Waals surface area contributed by atoms with Crippen LogP contribution in [0.1, 0.15) is 0 Å². The number of anilines is 1. The van der Waals surface area contributed by atoms with Gasteiger partial charge in [-0.05, 0) is 30.3 Å². The van der Waals surface area contributed by atoms with Crippen LogP contribution in [0.25, 0.3) is 10.9 Å². The summed E-state index contributed by atoms with van der Waals surface area (Å²) in [6, 6.07) is 16.0. The zero-order valence-electron chi connectivity index (χ0n) is 10.9. The van der Waals surface area contributed by atoms with Crippen molar-refractivity contribution in [1.29, 1.82) is 0 Å². The third-order valence-electron chi connectivity index (χ3n) is 2.86. The number of ether oxygens (including phenoxy) is 1. The Morgan fingerprint density at radius 3 is 2.71 bits per heavy atom. The number of para-hydroxylation sites is 1. The SMILES string of the molecule is O=C(Nc1cc(Cl)cc2cccnc12)Oc1ccccc1. The van der Waals surface area contributed by atoms with Crippen molar-refractivity contribution in [2.24, 2.45) is 0 Å². The number of carbonyl (C=O) groups is 1. The number of carbonyl (C=O) groups excluding carboxylic acids is 1. The van der Waals surface area contributed by atoms with Crippen LogP contribution in [0.5, 0.6) is 5.75 Å². The van der Waals surface area contributed by atoms with Gasteiger partial charge in [0.1, 0.15) is 5.75 Å². The van der Waals surface area contributed by atoms with Crippen LogP contribution in [0.4, 0.5) is 10.5 Å². The Kier molecular flexibility index (Phi) is 3.71. The molecule has 104 valence electrons. The number of hydrogen-bond acceptors (Lipinski definition) is 3. The van der Waals surface area contributed by atoms with E-state index in [9.17, 15) is 4.79 Å². The van der Waals surface area contributed by atoms with Gasteiger partial charge in [-0.3, -0.25) is 10.3 Å². The van der Waals surface area contributed by atoms with Crippen molar-refractivity contribution < 1.29 is 9.53 Å². The van der Waals surface area contributed by atoms with E-state index in [0.29, 0.717) is 22.0 Å². The molecule has 1 N–H and O–H groups in total. The van der Waals surface area contributed by atoms with Crippen LogP contribution in [0, 0.1) is 0 Å². The van der Waals surface area contributed by atoms with Gasteiger partial charge in [0.15, 0.2) is 0 Å². The lowest BCUT2D eigenvalue weighted by atomic mass is 10.2. The summed E-state index contributed by atoms with van der Waals surface area (Å²) >= 11 is 6.05. The van der Waals surface area contributed by atoms with Crippen LogP contribution in [-0.4, -0.2) is 11.1 Å². The lowest BCUT2D eigenvalue weighted by molar-refractivity contribution is 0.215. The predicted molar refractivity (Wildman–Crippen MR) is 82.8 cm³/mol. The fraction of sp³-hybridized carbons (Fsp3) is 0. The second-order valence-electron chi connectivity index (χ2n) is 4.36. The number of amides is 1. The molecule has 0 aliphatic rings. The highest BCUT2D eigenvalue weighted by molar-refractivity contribution is 6.32. The van der Waals surface area contributed by atoms with E-state index in [-0.39, 0.29) is 0 Å². The molecule has 0 bridgehead atoms. The molecule has 4 nitrogen and oxygen atoms in total. The second-order valence-corrected chi connectivity index (χ2v) is 4.79. The van der Waals surface area contributed by atoms with E-state index in [1.54, 1.807) is 42.6 Å². The highest BCUT2D eigenvalue weighted by atomic mass is 35.5. The first-order valence-corrected chi connectivity index (χ1v) is 6.68. The fourth-order valence-electron chi connectivity index (χ4n) is 1.98. The van der Waals surface area contributed by atoms with Crippen LogP contribution >= 0.6 is 11.6 Å². The van der Waals surface area contributed by atoms with Gasteiger partial charge in [-0.1, -0.05) is 35.9 Å². The molecule has 0 saturated heterocycles. The Bertz CT molecular complexity index is 791. The number of pyridine rings is 1. The molecule has 21 heavy (non-hydrogen) atoms. The average molecular weight is 299 g/mol. The minimum Gasteiger partial charge on any atom is -0.410 e. The monoisotopic (exact) mass is 298 g/mol. The average Bonchev–Trinajstić information content (AvgIpc) is 2.48. The van der Waals surface area contributed by atoms with Gasteiger partial charge in [0, 0.05) is 16.6 Å². The van der Waals surface area contributed by atoms with E-state index in [1.807, 2.05) is 18.2 Å². The molecule has 1 amide bonds. The summed E-state index contributed by atoms with van der Waals surface area (Å²) in [5.74, 6) is 0.467. The standard InChI is InChI=1S/C16H11ClN2O2/c17-12-9-11-5-4-8-18-15(11)14(10-12)19-16(20)21-13-6-2-1-3-7-13/h1-10H,(H,19,20). The van der Waals surface area contributed by atoms with Crippen molar-refractivity contribution in [3.63, 3.8) is 0 Å². The Morgan fingerprint density at radius 2 is 1.90 bits per heavy atom. The smallest absolute Gasteiger partial charge is 0.410 e. The molecule has 0 spiro atoms. The molecule has 3 aromatic rings. The number of hydrogen-bond donors (Lipinski definition) is 1. The minimum atomic E-state index is -0.588. The van der Waals surface area contributed by atoms with Crippen molar-refractivity contribution in [2.45, 2.75) is 0 Å². The molecule has 5 heteroatoms. The summed E-state index contributed by atoms with van der Waals surface area (Å²) in [5.41, 5.74) is 1.17. The minimum absolute atomic E-state index is 0.467. The van der Waals surface area contributed by atoms with Gasteiger partial charge in [-0.15, -0.1) is 0 Å². The topological polar surface area (TPSA) is 51.2 Å². The van der Waals surface area contributed by atoms with Crippen molar-refractivity contribution in [3.05, 3.63) is 65.8 Å². The molecule has 0 aliphatic carbocycles. The zero-order chi connectivity index (χ0) is 14.7. The van der Waals surface area contributed by atoms with E-state index in [4.69, 9.17) is 16.3 Å². The van der Waals surface area contributed by atoms with Crippen LogP contribution in [-0.2, 0) is 0 Å². The summed E-state index contributed by atoms with van der Waals surface area (Å²) in [7, 11) is 0. The zero-order valence-corrected chi connectivity index (χ0v) is 11.7. The maximum Gasteiger partial charge on any atom is 0.417 e. The molecule has 1 aromatic heterocycles. The first kappa shape index (κ1) is 13.4. The number of nitrogens with zero attached hydrogens (tertiary/aromatic N) is 1. The molecule has 3 rings (SSSR count). The Morgan fingerprint density at radius 1 is 1.10 bits per heavy atom.